The third-order valence-corrected chi connectivity index (χ3v) is 2.54. The van der Waals surface area contributed by atoms with Crippen LogP contribution in [0.25, 0.3) is 0 Å². The van der Waals surface area contributed by atoms with Crippen LogP contribution in [0.3, 0.4) is 0 Å². The summed E-state index contributed by atoms with van der Waals surface area (Å²) >= 11 is 0. The number of hydrogen-bond donors (Lipinski definition) is 1. The van der Waals surface area contributed by atoms with E-state index in [4.69, 9.17) is 4.74 Å². The highest BCUT2D eigenvalue weighted by atomic mass is 16.5. The Labute approximate surface area is 111 Å². The first-order valence-electron chi connectivity index (χ1n) is 5.77. The van der Waals surface area contributed by atoms with Gasteiger partial charge in [0.2, 0.25) is 0 Å². The summed E-state index contributed by atoms with van der Waals surface area (Å²) in [6.07, 6.45) is 0. The van der Waals surface area contributed by atoms with Gasteiger partial charge in [-0.15, -0.1) is 0 Å². The number of carbonyl (C=O) groups is 1. The van der Waals surface area contributed by atoms with Crippen molar-refractivity contribution in [3.05, 3.63) is 65.7 Å². The zero-order chi connectivity index (χ0) is 13.7. The molecule has 0 aromatic heterocycles. The van der Waals surface area contributed by atoms with Gasteiger partial charge in [0, 0.05) is 18.1 Å². The molecule has 1 N–H and O–H groups in total. The number of oxime groups is 1. The molecule has 0 spiro atoms. The molecule has 0 bridgehead atoms. The number of carbonyl (C=O) groups excluding carboxylic acids is 1. The molecule has 4 nitrogen and oxygen atoms in total. The molecule has 2 rings (SSSR count). The van der Waals surface area contributed by atoms with Crippen LogP contribution in [0.1, 0.15) is 18.1 Å². The fraction of sp³-hybridized carbons (Fsp3) is 0.0667. The highest BCUT2D eigenvalue weighted by molar-refractivity contribution is 6.14. The first kappa shape index (κ1) is 12.8. The Balaban J connectivity index is 2.48. The van der Waals surface area contributed by atoms with E-state index in [-0.39, 0.29) is 0 Å². The van der Waals surface area contributed by atoms with Gasteiger partial charge < -0.3 is 9.94 Å². The summed E-state index contributed by atoms with van der Waals surface area (Å²) in [7, 11) is 0. The minimum absolute atomic E-state index is 0.359. The van der Waals surface area contributed by atoms with Crippen LogP contribution in [0.2, 0.25) is 0 Å². The fourth-order valence-corrected chi connectivity index (χ4v) is 1.77. The second-order valence-corrected chi connectivity index (χ2v) is 3.90. The lowest BCUT2D eigenvalue weighted by molar-refractivity contribution is -0.131. The van der Waals surface area contributed by atoms with Crippen LogP contribution < -0.4 is 4.74 Å². The lowest BCUT2D eigenvalue weighted by Gasteiger charge is -2.10. The molecule has 0 aliphatic carbocycles. The Hall–Kier alpha value is -2.62. The molecule has 0 aliphatic heterocycles. The van der Waals surface area contributed by atoms with Gasteiger partial charge in [0.25, 0.3) is 0 Å². The van der Waals surface area contributed by atoms with E-state index in [1.165, 1.54) is 6.92 Å². The number of ether oxygens (including phenoxy) is 1. The van der Waals surface area contributed by atoms with Crippen molar-refractivity contribution >= 4 is 11.7 Å². The maximum Gasteiger partial charge on any atom is 0.308 e. The Morgan fingerprint density at radius 3 is 2.32 bits per heavy atom. The van der Waals surface area contributed by atoms with Crippen LogP contribution in [0.4, 0.5) is 0 Å². The number of nitrogens with zero attached hydrogens (tertiary/aromatic N) is 1. The largest absolute Gasteiger partial charge is 0.426 e. The monoisotopic (exact) mass is 255 g/mol. The molecule has 0 atom stereocenters. The van der Waals surface area contributed by atoms with Gasteiger partial charge in [0.1, 0.15) is 11.5 Å². The predicted molar refractivity (Wildman–Crippen MR) is 71.6 cm³/mol. The molecule has 0 amide bonds. The van der Waals surface area contributed by atoms with Crippen LogP contribution >= 0.6 is 0 Å². The van der Waals surface area contributed by atoms with Crippen molar-refractivity contribution in [2.45, 2.75) is 6.92 Å². The minimum atomic E-state index is -0.419. The maximum atomic E-state index is 11.1. The van der Waals surface area contributed by atoms with Crippen LogP contribution in [0.15, 0.2) is 59.8 Å². The van der Waals surface area contributed by atoms with E-state index in [1.807, 2.05) is 30.3 Å². The molecule has 0 unspecified atom stereocenters. The highest BCUT2D eigenvalue weighted by Crippen LogP contribution is 2.22. The zero-order valence-corrected chi connectivity index (χ0v) is 10.4. The van der Waals surface area contributed by atoms with Crippen molar-refractivity contribution in [1.82, 2.24) is 0 Å². The van der Waals surface area contributed by atoms with Crippen LogP contribution in [0, 0.1) is 0 Å². The van der Waals surface area contributed by atoms with E-state index in [0.717, 1.165) is 5.56 Å². The van der Waals surface area contributed by atoms with E-state index >= 15 is 0 Å². The zero-order valence-electron chi connectivity index (χ0n) is 10.4. The average Bonchev–Trinajstić information content (AvgIpc) is 2.42. The molecule has 19 heavy (non-hydrogen) atoms. The third-order valence-electron chi connectivity index (χ3n) is 2.54. The van der Waals surface area contributed by atoms with Crippen molar-refractivity contribution in [2.75, 3.05) is 0 Å². The van der Waals surface area contributed by atoms with Crippen LogP contribution in [-0.4, -0.2) is 16.9 Å². The topological polar surface area (TPSA) is 58.9 Å². The average molecular weight is 255 g/mol. The molecule has 0 heterocycles. The first-order chi connectivity index (χ1) is 9.22. The normalized spacial score (nSPS) is 11.1. The van der Waals surface area contributed by atoms with Gasteiger partial charge >= 0.3 is 5.97 Å². The van der Waals surface area contributed by atoms with Crippen molar-refractivity contribution < 1.29 is 14.7 Å². The molecule has 96 valence electrons. The Kier molecular flexibility index (Phi) is 3.93. The Bertz CT molecular complexity index is 606. The molecule has 2 aromatic carbocycles. The van der Waals surface area contributed by atoms with E-state index < -0.39 is 5.97 Å². The van der Waals surface area contributed by atoms with Gasteiger partial charge in [0.05, 0.1) is 0 Å². The lowest BCUT2D eigenvalue weighted by atomic mass is 10.0. The van der Waals surface area contributed by atoms with E-state index in [9.17, 15) is 10.0 Å². The standard InChI is InChI=1S/C15H13NO3/c1-11(17)19-14-10-6-5-9-13(14)15(16-18)12-7-3-2-4-8-12/h2-10,18H,1H3/b16-15+. The predicted octanol–water partition coefficient (Wildman–Crippen LogP) is 2.84. The van der Waals surface area contributed by atoms with Gasteiger partial charge in [-0.2, -0.15) is 0 Å². The van der Waals surface area contributed by atoms with Gasteiger partial charge in [0.15, 0.2) is 0 Å². The van der Waals surface area contributed by atoms with Crippen LogP contribution in [-0.2, 0) is 4.79 Å². The maximum absolute atomic E-state index is 11.1. The van der Waals surface area contributed by atoms with Gasteiger partial charge in [-0.3, -0.25) is 4.79 Å². The molecule has 0 saturated carbocycles. The number of rotatable bonds is 3. The minimum Gasteiger partial charge on any atom is -0.426 e. The second-order valence-electron chi connectivity index (χ2n) is 3.90. The van der Waals surface area contributed by atoms with E-state index in [0.29, 0.717) is 17.0 Å². The lowest BCUT2D eigenvalue weighted by Crippen LogP contribution is -2.09. The smallest absolute Gasteiger partial charge is 0.308 e. The molecule has 2 aromatic rings. The summed E-state index contributed by atoms with van der Waals surface area (Å²) in [5, 5.41) is 12.6. The molecule has 0 radical (unpaired) electrons. The summed E-state index contributed by atoms with van der Waals surface area (Å²) < 4.78 is 5.12. The summed E-state index contributed by atoms with van der Waals surface area (Å²) in [4.78, 5) is 11.1. The second kappa shape index (κ2) is 5.82. The summed E-state index contributed by atoms with van der Waals surface area (Å²) in [6.45, 7) is 1.33. The van der Waals surface area contributed by atoms with E-state index in [1.54, 1.807) is 24.3 Å². The van der Waals surface area contributed by atoms with Crippen molar-refractivity contribution in [1.29, 1.82) is 0 Å². The third kappa shape index (κ3) is 2.98. The summed E-state index contributed by atoms with van der Waals surface area (Å²) in [6, 6.07) is 16.1. The molecular weight excluding hydrogens is 242 g/mol. The number of benzene rings is 2. The molecule has 0 aliphatic rings. The van der Waals surface area contributed by atoms with Crippen LogP contribution in [0.5, 0.6) is 5.75 Å². The SMILES string of the molecule is CC(=O)Oc1ccccc1/C(=N/O)c1ccccc1. The molecule has 0 saturated heterocycles. The van der Waals surface area contributed by atoms with Crippen molar-refractivity contribution in [2.24, 2.45) is 5.16 Å². The highest BCUT2D eigenvalue weighted by Gasteiger charge is 2.14. The van der Waals surface area contributed by atoms with Gasteiger partial charge in [-0.05, 0) is 12.1 Å². The molecular formula is C15H13NO3. The van der Waals surface area contributed by atoms with Crippen molar-refractivity contribution in [3.8, 4) is 5.75 Å². The number of hydrogen-bond acceptors (Lipinski definition) is 4. The number of esters is 1. The summed E-state index contributed by atoms with van der Waals surface area (Å²) in [5.41, 5.74) is 1.66. The summed E-state index contributed by atoms with van der Waals surface area (Å²) in [5.74, 6) is -0.0514. The Morgan fingerprint density at radius 2 is 1.68 bits per heavy atom. The van der Waals surface area contributed by atoms with Crippen molar-refractivity contribution in [3.63, 3.8) is 0 Å². The first-order valence-corrected chi connectivity index (χ1v) is 5.77. The molecule has 4 heteroatoms. The van der Waals surface area contributed by atoms with E-state index in [2.05, 4.69) is 5.16 Å². The Morgan fingerprint density at radius 1 is 1.05 bits per heavy atom. The fourth-order valence-electron chi connectivity index (χ4n) is 1.77. The molecule has 0 fully saturated rings. The van der Waals surface area contributed by atoms with Gasteiger partial charge in [-0.25, -0.2) is 0 Å². The quantitative estimate of drug-likeness (QED) is 0.301. The van der Waals surface area contributed by atoms with Gasteiger partial charge in [-0.1, -0.05) is 47.6 Å². The number of para-hydroxylation sites is 1.